The molecule has 12 heteroatoms. The lowest BCUT2D eigenvalue weighted by Gasteiger charge is -2.23. The van der Waals surface area contributed by atoms with Crippen LogP contribution in [0, 0.1) is 0 Å². The number of carbonyl (C=O) groups excluding carboxylic acids is 1. The van der Waals surface area contributed by atoms with E-state index in [-0.39, 0.29) is 19.1 Å². The fraction of sp³-hybridized carbons (Fsp3) is 0.226. The number of carbonyl (C=O) groups is 1. The summed E-state index contributed by atoms with van der Waals surface area (Å²) in [4.78, 5) is 40.5. The monoisotopic (exact) mass is 871 g/mol. The molecule has 2 aliphatic rings. The van der Waals surface area contributed by atoms with Crippen molar-refractivity contribution in [3.63, 3.8) is 0 Å². The van der Waals surface area contributed by atoms with E-state index in [2.05, 4.69) is 24.3 Å². The van der Waals surface area contributed by atoms with E-state index in [0.29, 0.717) is 4.57 Å². The van der Waals surface area contributed by atoms with Crippen molar-refractivity contribution < 1.29 is 33.6 Å². The molecule has 9 rings (SSSR count). The summed E-state index contributed by atoms with van der Waals surface area (Å²) in [6.45, 7) is -0.193. The third kappa shape index (κ3) is 9.02. The topological polar surface area (TPSA) is 153 Å². The molecule has 3 N–H and O–H groups in total. The highest BCUT2D eigenvalue weighted by atomic mass is 16.6. The van der Waals surface area contributed by atoms with Gasteiger partial charge in [0.05, 0.1) is 26.9 Å². The number of hydrogen-bond acceptors (Lipinski definition) is 10. The molecule has 1 aromatic heterocycles. The van der Waals surface area contributed by atoms with Gasteiger partial charge in [-0.3, -0.25) is 9.36 Å². The van der Waals surface area contributed by atoms with Crippen LogP contribution in [0.25, 0.3) is 11.1 Å². The molecular formula is C53H49N3O9. The molecule has 1 aliphatic carbocycles. The first kappa shape index (κ1) is 43.2. The maximum Gasteiger partial charge on any atom is 0.425 e. The first-order chi connectivity index (χ1) is 31.7. The summed E-state index contributed by atoms with van der Waals surface area (Å²) in [6, 6.07) is 48.0. The number of benzene rings is 6. The zero-order chi connectivity index (χ0) is 45.0. The summed E-state index contributed by atoms with van der Waals surface area (Å²) in [6.07, 6.45) is -2.49. The van der Waals surface area contributed by atoms with Crippen LogP contribution in [0.3, 0.4) is 0 Å². The molecule has 12 nitrogen and oxygen atoms in total. The van der Waals surface area contributed by atoms with Crippen LogP contribution >= 0.6 is 0 Å². The van der Waals surface area contributed by atoms with Gasteiger partial charge in [0.1, 0.15) is 36.4 Å². The van der Waals surface area contributed by atoms with E-state index in [0.717, 1.165) is 90.6 Å². The predicted octanol–water partition coefficient (Wildman–Crippen LogP) is 7.40. The Kier molecular flexibility index (Phi) is 12.6. The van der Waals surface area contributed by atoms with Crippen LogP contribution in [0.5, 0.6) is 11.5 Å². The Morgan fingerprint density at radius 3 is 1.63 bits per heavy atom. The second-order valence-corrected chi connectivity index (χ2v) is 16.4. The minimum absolute atomic E-state index is 0.0941. The van der Waals surface area contributed by atoms with Gasteiger partial charge < -0.3 is 34.5 Å². The molecule has 6 aromatic carbocycles. The van der Waals surface area contributed by atoms with E-state index in [1.807, 2.05) is 121 Å². The summed E-state index contributed by atoms with van der Waals surface area (Å²) in [5, 5.41) is 11.4. The lowest BCUT2D eigenvalue weighted by atomic mass is 9.96. The highest BCUT2D eigenvalue weighted by molar-refractivity contribution is 5.79. The van der Waals surface area contributed by atoms with Crippen molar-refractivity contribution >= 4 is 6.09 Å². The van der Waals surface area contributed by atoms with Crippen LogP contribution in [0.1, 0.15) is 62.8 Å². The zero-order valence-corrected chi connectivity index (χ0v) is 36.0. The second kappa shape index (κ2) is 18.9. The third-order valence-corrected chi connectivity index (χ3v) is 12.3. The Hall–Kier alpha value is -7.09. The number of methoxy groups -OCH3 is 2. The predicted molar refractivity (Wildman–Crippen MR) is 246 cm³/mol. The van der Waals surface area contributed by atoms with E-state index in [9.17, 15) is 19.5 Å². The van der Waals surface area contributed by atoms with E-state index in [1.165, 1.54) is 6.20 Å². The number of ether oxygens (including phenoxy) is 5. The number of rotatable bonds is 14. The first-order valence-corrected chi connectivity index (χ1v) is 21.5. The minimum Gasteiger partial charge on any atom is -0.497 e. The number of hydrogen-bond donors (Lipinski definition) is 2. The van der Waals surface area contributed by atoms with Gasteiger partial charge in [-0.05, 0) is 92.7 Å². The Morgan fingerprint density at radius 1 is 0.662 bits per heavy atom. The van der Waals surface area contributed by atoms with Gasteiger partial charge in [0, 0.05) is 18.2 Å². The Balaban J connectivity index is 0.918. The fourth-order valence-corrected chi connectivity index (χ4v) is 8.82. The van der Waals surface area contributed by atoms with Gasteiger partial charge >= 0.3 is 11.8 Å². The molecule has 0 spiro atoms. The van der Waals surface area contributed by atoms with Crippen molar-refractivity contribution in [1.82, 2.24) is 9.13 Å². The molecule has 1 fully saturated rings. The maximum atomic E-state index is 13.9. The van der Waals surface area contributed by atoms with E-state index in [4.69, 9.17) is 29.4 Å². The first-order valence-electron chi connectivity index (χ1n) is 21.5. The maximum absolute atomic E-state index is 13.9. The molecule has 2 unspecified atom stereocenters. The summed E-state index contributed by atoms with van der Waals surface area (Å²) in [5.41, 5.74) is 15.0. The van der Waals surface area contributed by atoms with Crippen molar-refractivity contribution in [3.05, 3.63) is 223 Å². The highest BCUT2D eigenvalue weighted by Gasteiger charge is 2.44. The van der Waals surface area contributed by atoms with Gasteiger partial charge in [0.2, 0.25) is 0 Å². The molecule has 330 valence electrons. The van der Waals surface area contributed by atoms with E-state index in [1.54, 1.807) is 14.2 Å². The van der Waals surface area contributed by atoms with Crippen LogP contribution in [0.15, 0.2) is 167 Å². The number of aromatic nitrogens is 2. The molecule has 0 radical (unpaired) electrons. The van der Waals surface area contributed by atoms with Crippen molar-refractivity contribution in [2.45, 2.75) is 49.3 Å². The molecule has 65 heavy (non-hydrogen) atoms. The highest BCUT2D eigenvalue weighted by Crippen LogP contribution is 2.44. The molecule has 7 aromatic rings. The average Bonchev–Trinajstić information content (AvgIpc) is 3.81. The Labute approximate surface area is 376 Å². The SMILES string of the molecule is COc1ccc(Cc2ccc(C(OC[C@@H]3O[C@H](n4ccc(=O)n(C(=O)OCC5c6ccccc6-c6ccccc65)c4=O)C(N)C3O)c3ccc(Cc4ccc(OC)cc4)cc3)cc2)cc1. The van der Waals surface area contributed by atoms with Crippen LogP contribution in [-0.4, -0.2) is 66.0 Å². The quantitative estimate of drug-likeness (QED) is 0.113. The summed E-state index contributed by atoms with van der Waals surface area (Å²) < 4.78 is 30.6. The van der Waals surface area contributed by atoms with Crippen LogP contribution < -0.4 is 26.5 Å². The summed E-state index contributed by atoms with van der Waals surface area (Å²) in [5.74, 6) is 1.31. The molecule has 2 heterocycles. The molecule has 0 amide bonds. The third-order valence-electron chi connectivity index (χ3n) is 12.3. The summed E-state index contributed by atoms with van der Waals surface area (Å²) >= 11 is 0. The average molecular weight is 872 g/mol. The lowest BCUT2D eigenvalue weighted by molar-refractivity contribution is -0.0753. The zero-order valence-electron chi connectivity index (χ0n) is 36.0. The van der Waals surface area contributed by atoms with Gasteiger partial charge in [0.15, 0.2) is 6.23 Å². The van der Waals surface area contributed by atoms with Gasteiger partial charge in [-0.1, -0.05) is 121 Å². The van der Waals surface area contributed by atoms with Crippen LogP contribution in [0.2, 0.25) is 0 Å². The van der Waals surface area contributed by atoms with Crippen molar-refractivity contribution in [1.29, 1.82) is 0 Å². The normalized spacial score (nSPS) is 17.7. The van der Waals surface area contributed by atoms with E-state index < -0.39 is 47.9 Å². The molecule has 0 bridgehead atoms. The van der Waals surface area contributed by atoms with Crippen molar-refractivity contribution in [3.8, 4) is 22.6 Å². The van der Waals surface area contributed by atoms with Crippen molar-refractivity contribution in [2.24, 2.45) is 5.73 Å². The fourth-order valence-electron chi connectivity index (χ4n) is 8.82. The Morgan fingerprint density at radius 2 is 1.14 bits per heavy atom. The van der Waals surface area contributed by atoms with Gasteiger partial charge in [-0.15, -0.1) is 0 Å². The van der Waals surface area contributed by atoms with Gasteiger partial charge in [-0.2, -0.15) is 4.57 Å². The molecule has 4 atom stereocenters. The summed E-state index contributed by atoms with van der Waals surface area (Å²) in [7, 11) is 3.29. The smallest absolute Gasteiger partial charge is 0.425 e. The second-order valence-electron chi connectivity index (χ2n) is 16.4. The Bertz CT molecular complexity index is 2760. The van der Waals surface area contributed by atoms with Gasteiger partial charge in [0.25, 0.3) is 5.56 Å². The van der Waals surface area contributed by atoms with E-state index >= 15 is 0 Å². The van der Waals surface area contributed by atoms with Gasteiger partial charge in [-0.25, -0.2) is 9.59 Å². The molecule has 1 saturated heterocycles. The molecule has 0 saturated carbocycles. The number of aliphatic hydroxyl groups is 1. The number of aliphatic hydroxyl groups excluding tert-OH is 1. The van der Waals surface area contributed by atoms with Crippen LogP contribution in [0.4, 0.5) is 4.79 Å². The largest absolute Gasteiger partial charge is 0.497 e. The van der Waals surface area contributed by atoms with Crippen LogP contribution in [-0.2, 0) is 27.1 Å². The van der Waals surface area contributed by atoms with Crippen molar-refractivity contribution in [2.75, 3.05) is 27.4 Å². The standard InChI is InChI=1S/C53H49N3O9/c1-61-39-23-15-35(16-24-39)29-33-11-19-37(20-12-33)50(38-21-13-34(14-22-38)30-36-17-25-40(62-2)26-18-36)63-32-46-49(58)48(54)51(65-46)55-28-27-47(57)56(52(55)59)53(60)64-31-45-43-9-5-3-7-41(43)42-8-4-6-10-44(42)45/h3-28,45-46,48-51,58H,29-32,54H2,1-2H3/t46-,48?,49?,51-/m0/s1. The minimum atomic E-state index is -1.26. The number of nitrogens with zero attached hydrogens (tertiary/aromatic N) is 2. The number of nitrogens with two attached hydrogens (primary N) is 1. The lowest BCUT2D eigenvalue weighted by Crippen LogP contribution is -2.48. The number of fused-ring (bicyclic) bond motifs is 3. The molecular weight excluding hydrogens is 823 g/mol. The molecule has 1 aliphatic heterocycles.